The van der Waals surface area contributed by atoms with Crippen LogP contribution in [0.5, 0.6) is 0 Å². The number of hydrogen-bond acceptors (Lipinski definition) is 7. The number of hydrogen-bond donors (Lipinski definition) is 0. The smallest absolute Gasteiger partial charge is 0.414 e. The van der Waals surface area contributed by atoms with Crippen molar-refractivity contribution in [3.05, 3.63) is 35.9 Å². The molecule has 4 atom stereocenters. The lowest BCUT2D eigenvalue weighted by molar-refractivity contribution is -0.195. The van der Waals surface area contributed by atoms with E-state index in [1.165, 1.54) is 0 Å². The maximum absolute atomic E-state index is 13.3. The van der Waals surface area contributed by atoms with Crippen molar-refractivity contribution in [3.63, 3.8) is 0 Å². The highest BCUT2D eigenvalue weighted by Crippen LogP contribution is 2.39. The van der Waals surface area contributed by atoms with Gasteiger partial charge in [0.05, 0.1) is 19.3 Å². The molecule has 0 saturated carbocycles. The Labute approximate surface area is 213 Å². The molecule has 7 nitrogen and oxygen atoms in total. The number of halogens is 3. The molecule has 1 aromatic carbocycles. The summed E-state index contributed by atoms with van der Waals surface area (Å²) in [6.45, 7) is 13.7. The second-order valence-electron chi connectivity index (χ2n) is 10.4. The van der Waals surface area contributed by atoms with Gasteiger partial charge >= 0.3 is 15.6 Å². The molecule has 0 bridgehead atoms. The van der Waals surface area contributed by atoms with Gasteiger partial charge < -0.3 is 18.6 Å². The predicted octanol–water partition coefficient (Wildman–Crippen LogP) is 5.76. The molecule has 208 valence electrons. The summed E-state index contributed by atoms with van der Waals surface area (Å²) in [5.41, 5.74) is -4.79. The first-order chi connectivity index (χ1) is 16.5. The molecule has 1 fully saturated rings. The molecule has 1 heterocycles. The average molecular weight is 557 g/mol. The number of rotatable bonds is 12. The Bertz CT molecular complexity index is 916. The van der Waals surface area contributed by atoms with Crippen LogP contribution in [0.2, 0.25) is 18.1 Å². The Morgan fingerprint density at radius 3 is 2.11 bits per heavy atom. The summed E-state index contributed by atoms with van der Waals surface area (Å²) in [6.07, 6.45) is -4.39. The molecule has 1 aromatic rings. The van der Waals surface area contributed by atoms with Crippen LogP contribution >= 0.6 is 0 Å². The summed E-state index contributed by atoms with van der Waals surface area (Å²) in [6, 6.07) is 9.14. The van der Waals surface area contributed by atoms with Crippen LogP contribution in [0.15, 0.2) is 30.3 Å². The first kappa shape index (κ1) is 31.2. The van der Waals surface area contributed by atoms with E-state index < -0.39 is 48.5 Å². The highest BCUT2D eigenvalue weighted by molar-refractivity contribution is 7.87. The average Bonchev–Trinajstić information content (AvgIpc) is 3.09. The lowest BCUT2D eigenvalue weighted by Gasteiger charge is -2.37. The van der Waals surface area contributed by atoms with Crippen molar-refractivity contribution in [2.24, 2.45) is 0 Å². The first-order valence-corrected chi connectivity index (χ1v) is 16.4. The van der Waals surface area contributed by atoms with Crippen molar-refractivity contribution >= 4 is 18.4 Å². The summed E-state index contributed by atoms with van der Waals surface area (Å²) in [4.78, 5) is 0. The second kappa shape index (κ2) is 12.2. The van der Waals surface area contributed by atoms with Crippen LogP contribution in [0, 0.1) is 0 Å². The van der Waals surface area contributed by atoms with Gasteiger partial charge in [-0.1, -0.05) is 65.0 Å². The van der Waals surface area contributed by atoms with Gasteiger partial charge in [0.1, 0.15) is 18.3 Å². The van der Waals surface area contributed by atoms with Crippen molar-refractivity contribution in [3.8, 4) is 0 Å². The minimum Gasteiger partial charge on any atom is -0.414 e. The minimum atomic E-state index is -5.93. The van der Waals surface area contributed by atoms with Gasteiger partial charge in [0, 0.05) is 0 Å². The van der Waals surface area contributed by atoms with Crippen molar-refractivity contribution in [2.75, 3.05) is 6.61 Å². The van der Waals surface area contributed by atoms with Gasteiger partial charge in [0.15, 0.2) is 14.6 Å². The molecule has 0 N–H and O–H groups in total. The highest BCUT2D eigenvalue weighted by atomic mass is 32.2. The number of benzene rings is 1. The van der Waals surface area contributed by atoms with Gasteiger partial charge in [-0.25, -0.2) is 0 Å². The van der Waals surface area contributed by atoms with E-state index in [0.29, 0.717) is 12.8 Å². The molecule has 0 radical (unpaired) electrons. The Balaban J connectivity index is 2.38. The third kappa shape index (κ3) is 7.99. The molecule has 0 aliphatic carbocycles. The quantitative estimate of drug-likeness (QED) is 0.184. The first-order valence-electron chi connectivity index (χ1n) is 12.1. The summed E-state index contributed by atoms with van der Waals surface area (Å²) < 4.78 is 92.8. The molecule has 0 unspecified atom stereocenters. The monoisotopic (exact) mass is 556 g/mol. The lowest BCUT2D eigenvalue weighted by atomic mass is 10.1. The maximum Gasteiger partial charge on any atom is 0.523 e. The summed E-state index contributed by atoms with van der Waals surface area (Å²) in [5, 5.41) is -0.186. The van der Waals surface area contributed by atoms with Gasteiger partial charge in [-0.3, -0.25) is 4.18 Å². The summed E-state index contributed by atoms with van der Waals surface area (Å²) in [5.74, 6) is 0. The molecule has 1 saturated heterocycles. The summed E-state index contributed by atoms with van der Waals surface area (Å²) in [7, 11) is -8.28. The molecule has 0 aromatic heterocycles. The Kier molecular flexibility index (Phi) is 10.6. The van der Waals surface area contributed by atoms with Gasteiger partial charge in [0.25, 0.3) is 0 Å². The van der Waals surface area contributed by atoms with Gasteiger partial charge in [-0.15, -0.1) is 0 Å². The van der Waals surface area contributed by atoms with Gasteiger partial charge in [0.2, 0.25) is 0 Å². The van der Waals surface area contributed by atoms with Crippen LogP contribution in [0.25, 0.3) is 0 Å². The molecule has 2 rings (SSSR count). The third-order valence-electron chi connectivity index (χ3n) is 6.72. The van der Waals surface area contributed by atoms with Crippen LogP contribution in [-0.4, -0.2) is 59.6 Å². The zero-order valence-corrected chi connectivity index (χ0v) is 23.8. The van der Waals surface area contributed by atoms with E-state index in [-0.39, 0.29) is 24.4 Å². The normalized spacial score (nSPS) is 24.0. The molecular weight excluding hydrogens is 517 g/mol. The van der Waals surface area contributed by atoms with Crippen molar-refractivity contribution in [1.82, 2.24) is 0 Å². The van der Waals surface area contributed by atoms with Gasteiger partial charge in [-0.05, 0) is 36.5 Å². The van der Waals surface area contributed by atoms with E-state index in [0.717, 1.165) is 5.56 Å². The van der Waals surface area contributed by atoms with Crippen molar-refractivity contribution in [1.29, 1.82) is 0 Å². The van der Waals surface area contributed by atoms with E-state index in [2.05, 4.69) is 0 Å². The van der Waals surface area contributed by atoms with Crippen molar-refractivity contribution in [2.45, 2.75) is 108 Å². The fourth-order valence-corrected chi connectivity index (χ4v) is 5.03. The molecular formula is C24H39F3O7SSi. The largest absolute Gasteiger partial charge is 0.523 e. The Hall–Kier alpha value is -1.02. The predicted molar refractivity (Wildman–Crippen MR) is 132 cm³/mol. The topological polar surface area (TPSA) is 80.3 Å². The molecule has 0 spiro atoms. The zero-order chi connectivity index (χ0) is 27.4. The van der Waals surface area contributed by atoms with Crippen LogP contribution in [0.3, 0.4) is 0 Å². The molecule has 0 amide bonds. The molecule has 1 aliphatic rings. The fraction of sp³-hybridized carbons (Fsp3) is 0.750. The molecule has 12 heteroatoms. The van der Waals surface area contributed by atoms with Crippen LogP contribution in [0.4, 0.5) is 13.2 Å². The van der Waals surface area contributed by atoms with E-state index in [1.54, 1.807) is 0 Å². The third-order valence-corrected chi connectivity index (χ3v) is 12.3. The standard InChI is InChI=1S/C24H39F3O7SSi/c1-8-18(9-2)32-21-20(34-35(28,29)24(25,26)27)19(16-31-36(6,7)23(3,4)5)33-22(21)30-15-17-13-11-10-12-14-17/h10-14,18-22H,8-9,15-16H2,1-7H3/t19-,20+,21+,22+/m1/s1. The van der Waals surface area contributed by atoms with E-state index in [9.17, 15) is 21.6 Å². The fourth-order valence-electron chi connectivity index (χ4n) is 3.38. The Morgan fingerprint density at radius 1 is 1.03 bits per heavy atom. The maximum atomic E-state index is 13.3. The van der Waals surface area contributed by atoms with E-state index >= 15 is 0 Å². The summed E-state index contributed by atoms with van der Waals surface area (Å²) >= 11 is 0. The lowest BCUT2D eigenvalue weighted by Crippen LogP contribution is -2.47. The van der Waals surface area contributed by atoms with Crippen LogP contribution in [0.1, 0.15) is 53.0 Å². The van der Waals surface area contributed by atoms with E-state index in [1.807, 2.05) is 78.0 Å². The number of alkyl halides is 3. The number of ether oxygens (including phenoxy) is 3. The molecule has 36 heavy (non-hydrogen) atoms. The van der Waals surface area contributed by atoms with Crippen molar-refractivity contribution < 1.29 is 44.4 Å². The second-order valence-corrected chi connectivity index (χ2v) is 16.8. The highest BCUT2D eigenvalue weighted by Gasteiger charge is 2.56. The minimum absolute atomic E-state index is 0.0861. The zero-order valence-electron chi connectivity index (χ0n) is 22.0. The van der Waals surface area contributed by atoms with Crippen LogP contribution in [-0.2, 0) is 39.5 Å². The molecule has 1 aliphatic heterocycles. The van der Waals surface area contributed by atoms with Crippen LogP contribution < -0.4 is 0 Å². The van der Waals surface area contributed by atoms with Gasteiger partial charge in [-0.2, -0.15) is 21.6 Å². The SMILES string of the molecule is CCC(CC)O[C@@H]1[C@@H](OCc2ccccc2)O[C@H](CO[Si](C)(C)C(C)(C)C)[C@@H]1OS(=O)(=O)C(F)(F)F. The Morgan fingerprint density at radius 2 is 1.61 bits per heavy atom. The van der Waals surface area contributed by atoms with E-state index in [4.69, 9.17) is 22.8 Å².